The van der Waals surface area contributed by atoms with Gasteiger partial charge in [-0.15, -0.1) is 23.5 Å². The summed E-state index contributed by atoms with van der Waals surface area (Å²) in [5.74, 6) is -2.27. The maximum atomic E-state index is 13.8. The van der Waals surface area contributed by atoms with Gasteiger partial charge in [-0.25, -0.2) is 9.59 Å². The van der Waals surface area contributed by atoms with E-state index in [0.29, 0.717) is 22.7 Å². The second kappa shape index (κ2) is 14.9. The zero-order valence-electron chi connectivity index (χ0n) is 38.4. The van der Waals surface area contributed by atoms with Crippen molar-refractivity contribution in [1.29, 1.82) is 0 Å². The number of carbonyl (C=O) groups is 5. The van der Waals surface area contributed by atoms with E-state index in [1.807, 2.05) is 29.5 Å². The van der Waals surface area contributed by atoms with E-state index < -0.39 is 44.5 Å². The smallest absolute Gasteiger partial charge is 0.355 e. The van der Waals surface area contributed by atoms with Crippen molar-refractivity contribution in [2.24, 2.45) is 24.9 Å². The number of aliphatic carboxylic acids is 1. The molecule has 0 radical (unpaired) electrons. The molecule has 0 spiro atoms. The minimum absolute atomic E-state index is 0.0205. The predicted octanol–water partition coefficient (Wildman–Crippen LogP) is 7.56. The summed E-state index contributed by atoms with van der Waals surface area (Å²) in [7, 11) is 3.89. The number of hydrogen-bond donors (Lipinski definition) is 1. The maximum absolute atomic E-state index is 13.8. The van der Waals surface area contributed by atoms with Crippen molar-refractivity contribution in [2.75, 3.05) is 0 Å². The first-order chi connectivity index (χ1) is 31.4. The molecule has 2 saturated heterocycles. The zero-order valence-corrected chi connectivity index (χ0v) is 41.6. The molecule has 4 aliphatic carbocycles. The SMILES string of the molecule is CC(=O)OC(c1nn(C)c2c1C1CCC2(C)C1(C)C)C1(Br)C(=O)N2C(C(=O)OCc3ccc([N+](=O)[O-])cc3)=CS[C@@H]21.Cn1nc(/C=C2/C(=O)N3C(C(=O)O)=CS[C@H]23)c2c1C1(C)CCC2C1(C)C. The number of carboxylic acid groups (broad SMARTS) is 1. The van der Waals surface area contributed by atoms with E-state index in [2.05, 4.69) is 57.5 Å². The normalized spacial score (nSPS) is 31.5. The summed E-state index contributed by atoms with van der Waals surface area (Å²) in [6, 6.07) is 5.68. The Kier molecular flexibility index (Phi) is 10.1. The van der Waals surface area contributed by atoms with Crippen LogP contribution in [0.3, 0.4) is 0 Å². The van der Waals surface area contributed by atoms with E-state index in [9.17, 15) is 39.2 Å². The van der Waals surface area contributed by atoms with Crippen LogP contribution in [0.2, 0.25) is 0 Å². The molecule has 2 saturated carbocycles. The molecule has 8 aliphatic rings. The van der Waals surface area contributed by atoms with E-state index in [-0.39, 0.29) is 62.5 Å². The number of alkyl halides is 1. The van der Waals surface area contributed by atoms with Crippen molar-refractivity contribution < 1.29 is 43.5 Å². The number of carboxylic acids is 1. The van der Waals surface area contributed by atoms with Crippen LogP contribution >= 0.6 is 39.5 Å². The molecule has 1 aromatic carbocycles. The quantitative estimate of drug-likeness (QED) is 0.0548. The van der Waals surface area contributed by atoms with Gasteiger partial charge < -0.3 is 14.6 Å². The minimum atomic E-state index is -1.34. The molecular formula is C47H50BrN7O10S2. The number of hydrogen-bond acceptors (Lipinski definition) is 13. The number of nitrogens with zero attached hydrogens (tertiary/aromatic N) is 7. The number of β-lactam (4-membered cyclic amide) rings is 2. The second-order valence-corrected chi connectivity index (χ2v) is 23.5. The lowest BCUT2D eigenvalue weighted by molar-refractivity contribution is -0.384. The summed E-state index contributed by atoms with van der Waals surface area (Å²) in [5.41, 5.74) is 7.73. The standard InChI is InChI=1S/C28H29BrN4O7S.C19H21N3O3S/c1-14(34)40-22(20-19-17-10-11-27(4,26(17,2)3)21(19)31(5)30-20)28(29)24(36)32-18(13-41-25(28)32)23(35)39-12-15-6-8-16(9-7-15)33(37)38;1-18(2)10-5-6-19(18,3)14-13(10)11(20-21(14)4)7-9-15(23)22-12(17(24)25)8-26-16(9)22/h6-9,13,17,22,25H,10-12H2,1-5H3;7-8,10,16H,5-6H2,1-4H3,(H,24,25)/b;9-7-/t17?,22?,25-,27?,28?;10?,16-,19?/m11/s1. The molecule has 352 valence electrons. The Morgan fingerprint density at radius 2 is 1.49 bits per heavy atom. The molecule has 67 heavy (non-hydrogen) atoms. The number of non-ortho nitro benzene ring substituents is 1. The van der Waals surface area contributed by atoms with Crippen LogP contribution < -0.4 is 0 Å². The number of nitro benzene ring substituents is 1. The van der Waals surface area contributed by atoms with Gasteiger partial charge >= 0.3 is 17.9 Å². The number of rotatable bonds is 9. The van der Waals surface area contributed by atoms with Crippen molar-refractivity contribution in [1.82, 2.24) is 29.4 Å². The summed E-state index contributed by atoms with van der Waals surface area (Å²) in [4.78, 5) is 76.1. The Bertz CT molecular complexity index is 2880. The van der Waals surface area contributed by atoms with Gasteiger partial charge in [0.15, 0.2) is 10.4 Å². The predicted molar refractivity (Wildman–Crippen MR) is 250 cm³/mol. The number of fused-ring (bicyclic) bond motifs is 12. The molecule has 4 aliphatic heterocycles. The van der Waals surface area contributed by atoms with Crippen molar-refractivity contribution in [3.63, 3.8) is 0 Å². The van der Waals surface area contributed by atoms with Crippen molar-refractivity contribution in [3.05, 3.63) is 102 Å². The molecule has 4 fully saturated rings. The topological polar surface area (TPSA) is 209 Å². The number of benzene rings is 1. The number of aromatic nitrogens is 4. The lowest BCUT2D eigenvalue weighted by Crippen LogP contribution is -2.70. The van der Waals surface area contributed by atoms with Gasteiger partial charge in [0.25, 0.3) is 17.5 Å². The average Bonchev–Trinajstić information content (AvgIpc) is 4.14. The van der Waals surface area contributed by atoms with E-state index in [1.165, 1.54) is 82.2 Å². The van der Waals surface area contributed by atoms with E-state index >= 15 is 0 Å². The Labute approximate surface area is 403 Å². The monoisotopic (exact) mass is 1020 g/mol. The second-order valence-electron chi connectivity index (χ2n) is 20.3. The third-order valence-corrected chi connectivity index (χ3v) is 20.6. The third-order valence-electron chi connectivity index (χ3n) is 16.8. The molecule has 6 heterocycles. The van der Waals surface area contributed by atoms with Crippen LogP contribution in [-0.2, 0) is 65.0 Å². The number of aryl methyl sites for hydroxylation is 2. The summed E-state index contributed by atoms with van der Waals surface area (Å²) in [5, 5.41) is 32.0. The van der Waals surface area contributed by atoms with E-state index in [0.717, 1.165) is 36.2 Å². The van der Waals surface area contributed by atoms with Crippen LogP contribution in [0.1, 0.15) is 132 Å². The van der Waals surface area contributed by atoms with Gasteiger partial charge in [-0.05, 0) is 72.1 Å². The number of halogens is 1. The largest absolute Gasteiger partial charge is 0.477 e. The summed E-state index contributed by atoms with van der Waals surface area (Å²) < 4.78 is 13.8. The number of thioether (sulfide) groups is 2. The molecular weight excluding hydrogens is 967 g/mol. The van der Waals surface area contributed by atoms with Gasteiger partial charge in [-0.2, -0.15) is 10.2 Å². The summed E-state index contributed by atoms with van der Waals surface area (Å²) in [6.45, 7) is 15.0. The highest BCUT2D eigenvalue weighted by molar-refractivity contribution is 9.10. The fraction of sp³-hybridized carbons (Fsp3) is 0.511. The first kappa shape index (κ1) is 45.6. The van der Waals surface area contributed by atoms with Crippen molar-refractivity contribution >= 4 is 80.9 Å². The van der Waals surface area contributed by atoms with Gasteiger partial charge in [0, 0.05) is 77.3 Å². The average molecular weight is 1020 g/mol. The van der Waals surface area contributed by atoms with Crippen LogP contribution in [0.4, 0.5) is 5.69 Å². The molecule has 2 amide bonds. The third kappa shape index (κ3) is 5.96. The number of ether oxygens (including phenoxy) is 2. The van der Waals surface area contributed by atoms with Gasteiger partial charge in [-0.3, -0.25) is 43.7 Å². The first-order valence-electron chi connectivity index (χ1n) is 22.2. The number of esters is 2. The molecule has 11 rings (SSSR count). The first-order valence-corrected chi connectivity index (χ1v) is 24.8. The Morgan fingerprint density at radius 3 is 2.09 bits per heavy atom. The van der Waals surface area contributed by atoms with Crippen LogP contribution in [0.25, 0.3) is 6.08 Å². The molecule has 2 aromatic heterocycles. The molecule has 4 bridgehead atoms. The van der Waals surface area contributed by atoms with Crippen molar-refractivity contribution in [2.45, 2.75) is 125 Å². The highest BCUT2D eigenvalue weighted by atomic mass is 79.9. The molecule has 1 N–H and O–H groups in total. The number of nitro groups is 1. The van der Waals surface area contributed by atoms with Crippen LogP contribution in [0.5, 0.6) is 0 Å². The molecule has 3 aromatic rings. The van der Waals surface area contributed by atoms with Gasteiger partial charge in [0.2, 0.25) is 0 Å². The van der Waals surface area contributed by atoms with Gasteiger partial charge in [0.1, 0.15) is 34.4 Å². The minimum Gasteiger partial charge on any atom is -0.477 e. The molecule has 20 heteroatoms. The summed E-state index contributed by atoms with van der Waals surface area (Å²) in [6.07, 6.45) is 5.25. The van der Waals surface area contributed by atoms with Crippen LogP contribution in [-0.4, -0.2) is 84.2 Å². The fourth-order valence-corrected chi connectivity index (χ4v) is 16.0. The maximum Gasteiger partial charge on any atom is 0.355 e. The lowest BCUT2D eigenvalue weighted by atomic mass is 9.70. The molecule has 8 atom stereocenters. The van der Waals surface area contributed by atoms with E-state index in [1.54, 1.807) is 10.8 Å². The van der Waals surface area contributed by atoms with Gasteiger partial charge in [0.05, 0.1) is 16.2 Å². The van der Waals surface area contributed by atoms with Crippen molar-refractivity contribution in [3.8, 4) is 0 Å². The van der Waals surface area contributed by atoms with E-state index in [4.69, 9.17) is 19.7 Å². The van der Waals surface area contributed by atoms with Crippen LogP contribution in [0.15, 0.2) is 52.0 Å². The lowest BCUT2D eigenvalue weighted by Gasteiger charge is -2.51. The Balaban J connectivity index is 0.000000173. The molecule has 6 unspecified atom stereocenters. The Hall–Kier alpha value is -5.21. The van der Waals surface area contributed by atoms with Crippen LogP contribution in [0, 0.1) is 20.9 Å². The number of carbonyl (C=O) groups excluding carboxylic acids is 4. The summed E-state index contributed by atoms with van der Waals surface area (Å²) >= 11 is 6.31. The zero-order chi connectivity index (χ0) is 48.2. The fourth-order valence-electron chi connectivity index (χ4n) is 12.6. The van der Waals surface area contributed by atoms with Gasteiger partial charge in [-0.1, -0.05) is 57.5 Å². The Morgan fingerprint density at radius 1 is 0.910 bits per heavy atom. The highest BCUT2D eigenvalue weighted by Crippen LogP contribution is 2.71. The number of amides is 2. The molecule has 17 nitrogen and oxygen atoms in total. The highest BCUT2D eigenvalue weighted by Gasteiger charge is 2.71.